The summed E-state index contributed by atoms with van der Waals surface area (Å²) in [5, 5.41) is 0. The molecule has 2 aliphatic heterocycles. The van der Waals surface area contributed by atoms with Crippen molar-refractivity contribution in [1.82, 2.24) is 4.90 Å². The molecule has 0 N–H and O–H groups in total. The van der Waals surface area contributed by atoms with Crippen LogP contribution in [0, 0.1) is 5.92 Å². The van der Waals surface area contributed by atoms with Crippen molar-refractivity contribution in [1.29, 1.82) is 0 Å². The summed E-state index contributed by atoms with van der Waals surface area (Å²) in [6.07, 6.45) is 3.89. The fourth-order valence-electron chi connectivity index (χ4n) is 6.15. The molecular weight excluding hydrogens is 423 g/mol. The fourth-order valence-corrected chi connectivity index (χ4v) is 6.61. The first-order chi connectivity index (χ1) is 14.1. The first-order valence-corrected chi connectivity index (χ1v) is 11.6. The molecule has 30 heavy (non-hydrogen) atoms. The summed E-state index contributed by atoms with van der Waals surface area (Å²) in [7, 11) is -3.61. The molecule has 0 radical (unpaired) electrons. The van der Waals surface area contributed by atoms with Crippen LogP contribution in [0.4, 0.5) is 13.2 Å². The van der Waals surface area contributed by atoms with Gasteiger partial charge in [0.05, 0.1) is 13.2 Å². The van der Waals surface area contributed by atoms with Gasteiger partial charge in [-0.05, 0) is 62.0 Å². The molecule has 0 unspecified atom stereocenters. The molecule has 3 atom stereocenters. The number of likely N-dealkylation sites (N-methyl/N-ethyl adjacent to an activating group) is 1. The first kappa shape index (κ1) is 20.5. The summed E-state index contributed by atoms with van der Waals surface area (Å²) in [6.45, 7) is 1.91. The van der Waals surface area contributed by atoms with E-state index >= 15 is 0 Å². The van der Waals surface area contributed by atoms with Crippen molar-refractivity contribution in [3.63, 3.8) is 0 Å². The normalized spacial score (nSPS) is 33.2. The average molecular weight is 447 g/mol. The van der Waals surface area contributed by atoms with Gasteiger partial charge in [-0.3, -0.25) is 0 Å². The monoisotopic (exact) mass is 447 g/mol. The minimum absolute atomic E-state index is 0.301. The number of fused-ring (bicyclic) bond motifs is 1. The van der Waals surface area contributed by atoms with Crippen molar-refractivity contribution < 1.29 is 35.2 Å². The summed E-state index contributed by atoms with van der Waals surface area (Å²) in [5.74, 6) is -0.665. The second kappa shape index (κ2) is 6.57. The molecule has 2 bridgehead atoms. The van der Waals surface area contributed by atoms with Gasteiger partial charge < -0.3 is 18.6 Å². The van der Waals surface area contributed by atoms with Crippen LogP contribution in [0.1, 0.15) is 36.8 Å². The molecule has 1 aromatic rings. The molecule has 1 saturated carbocycles. The molecule has 10 heteroatoms. The molecule has 166 valence electrons. The second-order valence-electron chi connectivity index (χ2n) is 8.89. The lowest BCUT2D eigenvalue weighted by Crippen LogP contribution is -2.63. The van der Waals surface area contributed by atoms with Crippen molar-refractivity contribution in [2.45, 2.75) is 54.9 Å². The number of benzene rings is 1. The van der Waals surface area contributed by atoms with Gasteiger partial charge in [-0.2, -0.15) is 21.6 Å². The third-order valence-electron chi connectivity index (χ3n) is 7.42. The second-order valence-corrected chi connectivity index (χ2v) is 10.4. The zero-order chi connectivity index (χ0) is 21.4. The van der Waals surface area contributed by atoms with E-state index in [4.69, 9.17) is 9.47 Å². The first-order valence-electron chi connectivity index (χ1n) is 10.2. The maximum absolute atomic E-state index is 12.8. The highest BCUT2D eigenvalue weighted by Crippen LogP contribution is 2.59. The van der Waals surface area contributed by atoms with Crippen LogP contribution in [0.3, 0.4) is 0 Å². The van der Waals surface area contributed by atoms with Crippen molar-refractivity contribution >= 4 is 10.1 Å². The molecule has 3 fully saturated rings. The maximum Gasteiger partial charge on any atom is 0.534 e. The third kappa shape index (κ3) is 2.98. The van der Waals surface area contributed by atoms with E-state index in [-0.39, 0.29) is 11.2 Å². The number of likely N-dealkylation sites (tertiary alicyclic amines) is 1. The minimum Gasteiger partial charge on any atom is -0.376 e. The SMILES string of the molecule is CN1CC[C@]23CC4(CC[C@H]2[C@H]1Cc1ccc(OS(=O)(=O)C(F)(F)F)cc13)OCCO4. The number of halogens is 3. The Morgan fingerprint density at radius 2 is 1.93 bits per heavy atom. The number of ether oxygens (including phenoxy) is 2. The van der Waals surface area contributed by atoms with Gasteiger partial charge in [0.15, 0.2) is 5.79 Å². The average Bonchev–Trinajstić information content (AvgIpc) is 3.11. The van der Waals surface area contributed by atoms with Crippen LogP contribution in [0.5, 0.6) is 5.75 Å². The minimum atomic E-state index is -5.72. The van der Waals surface area contributed by atoms with E-state index in [9.17, 15) is 21.6 Å². The lowest BCUT2D eigenvalue weighted by Gasteiger charge is -2.60. The summed E-state index contributed by atoms with van der Waals surface area (Å²) in [6, 6.07) is 4.85. The van der Waals surface area contributed by atoms with Crippen molar-refractivity contribution in [2.75, 3.05) is 26.8 Å². The summed E-state index contributed by atoms with van der Waals surface area (Å²) in [4.78, 5) is 2.36. The molecule has 2 heterocycles. The van der Waals surface area contributed by atoms with E-state index in [1.807, 2.05) is 0 Å². The van der Waals surface area contributed by atoms with Crippen LogP contribution in [0.2, 0.25) is 0 Å². The van der Waals surface area contributed by atoms with Crippen LogP contribution in [-0.4, -0.2) is 57.5 Å². The van der Waals surface area contributed by atoms with Crippen LogP contribution in [0.25, 0.3) is 0 Å². The Hall–Kier alpha value is -1.36. The number of nitrogens with zero attached hydrogens (tertiary/aromatic N) is 1. The largest absolute Gasteiger partial charge is 0.534 e. The molecule has 2 saturated heterocycles. The predicted octanol–water partition coefficient (Wildman–Crippen LogP) is 2.96. The summed E-state index contributed by atoms with van der Waals surface area (Å²) < 4.78 is 78.0. The number of hydrogen-bond donors (Lipinski definition) is 0. The highest BCUT2D eigenvalue weighted by atomic mass is 32.2. The van der Waals surface area contributed by atoms with Gasteiger partial charge in [-0.1, -0.05) is 6.07 Å². The van der Waals surface area contributed by atoms with Crippen LogP contribution in [0.15, 0.2) is 18.2 Å². The molecule has 2 aliphatic carbocycles. The molecule has 6 nitrogen and oxygen atoms in total. The van der Waals surface area contributed by atoms with Gasteiger partial charge in [0.25, 0.3) is 0 Å². The van der Waals surface area contributed by atoms with E-state index < -0.39 is 21.4 Å². The molecular formula is C20H24F3NO5S. The number of piperidine rings is 1. The number of alkyl halides is 3. The lowest BCUT2D eigenvalue weighted by atomic mass is 9.51. The zero-order valence-electron chi connectivity index (χ0n) is 16.6. The van der Waals surface area contributed by atoms with E-state index in [1.165, 1.54) is 12.1 Å². The highest BCUT2D eigenvalue weighted by molar-refractivity contribution is 7.88. The number of hydrogen-bond acceptors (Lipinski definition) is 6. The van der Waals surface area contributed by atoms with Crippen molar-refractivity contribution in [2.24, 2.45) is 5.92 Å². The van der Waals surface area contributed by atoms with Gasteiger partial charge in [-0.15, -0.1) is 0 Å². The summed E-state index contributed by atoms with van der Waals surface area (Å²) in [5.41, 5.74) is -3.91. The van der Waals surface area contributed by atoms with Crippen LogP contribution >= 0.6 is 0 Å². The van der Waals surface area contributed by atoms with Gasteiger partial charge >= 0.3 is 15.6 Å². The predicted molar refractivity (Wildman–Crippen MR) is 100 cm³/mol. The molecule has 1 spiro atoms. The molecule has 5 rings (SSSR count). The van der Waals surface area contributed by atoms with Crippen molar-refractivity contribution in [3.05, 3.63) is 29.3 Å². The van der Waals surface area contributed by atoms with E-state index in [1.54, 1.807) is 6.07 Å². The van der Waals surface area contributed by atoms with Crippen LogP contribution < -0.4 is 4.18 Å². The Labute approximate surface area is 173 Å². The lowest BCUT2D eigenvalue weighted by molar-refractivity contribution is -0.212. The third-order valence-corrected chi connectivity index (χ3v) is 8.40. The Bertz CT molecular complexity index is 960. The number of rotatable bonds is 2. The Morgan fingerprint density at radius 3 is 2.63 bits per heavy atom. The van der Waals surface area contributed by atoms with Gasteiger partial charge in [0.2, 0.25) is 0 Å². The Kier molecular flexibility index (Phi) is 4.50. The molecule has 4 aliphatic rings. The molecule has 1 aromatic carbocycles. The summed E-state index contributed by atoms with van der Waals surface area (Å²) >= 11 is 0. The Balaban J connectivity index is 1.58. The molecule has 0 aromatic heterocycles. The maximum atomic E-state index is 12.8. The quantitative estimate of drug-likeness (QED) is 0.513. The zero-order valence-corrected chi connectivity index (χ0v) is 17.4. The standard InChI is InChI=1S/C20H24F3NO5S/c1-24-7-6-18-12-19(27-8-9-28-19)5-4-15(18)17(24)10-13-2-3-14(11-16(13)18)29-30(25,26)20(21,22)23/h2-3,11,15,17H,4-10,12H2,1H3/t15-,17+,18-/m0/s1. The fraction of sp³-hybridized carbons (Fsp3) is 0.700. The molecule has 0 amide bonds. The topological polar surface area (TPSA) is 65.1 Å². The van der Waals surface area contributed by atoms with E-state index in [2.05, 4.69) is 16.1 Å². The van der Waals surface area contributed by atoms with E-state index in [0.29, 0.717) is 31.6 Å². The smallest absolute Gasteiger partial charge is 0.376 e. The van der Waals surface area contributed by atoms with Gasteiger partial charge in [0.1, 0.15) is 5.75 Å². The van der Waals surface area contributed by atoms with Crippen molar-refractivity contribution in [3.8, 4) is 5.75 Å². The van der Waals surface area contributed by atoms with Crippen LogP contribution in [-0.2, 0) is 31.4 Å². The van der Waals surface area contributed by atoms with E-state index in [0.717, 1.165) is 43.4 Å². The Morgan fingerprint density at radius 1 is 1.20 bits per heavy atom. The highest BCUT2D eigenvalue weighted by Gasteiger charge is 2.60. The van der Waals surface area contributed by atoms with Gasteiger partial charge in [0, 0.05) is 24.3 Å². The van der Waals surface area contributed by atoms with Gasteiger partial charge in [-0.25, -0.2) is 0 Å².